The summed E-state index contributed by atoms with van der Waals surface area (Å²) in [5.74, 6) is 1.20. The van der Waals surface area contributed by atoms with Gasteiger partial charge in [0, 0.05) is 6.07 Å². The molecule has 0 N–H and O–H groups in total. The van der Waals surface area contributed by atoms with E-state index in [4.69, 9.17) is 9.47 Å². The van der Waals surface area contributed by atoms with E-state index in [9.17, 15) is 4.79 Å². The van der Waals surface area contributed by atoms with Gasteiger partial charge in [0.2, 0.25) is 0 Å². The summed E-state index contributed by atoms with van der Waals surface area (Å²) in [4.78, 5) is 11.1. The molecular formula is C14H20LiO3P. The van der Waals surface area contributed by atoms with Crippen molar-refractivity contribution in [2.45, 2.75) is 30.3 Å². The summed E-state index contributed by atoms with van der Waals surface area (Å²) in [5.41, 5.74) is 0.438. The van der Waals surface area contributed by atoms with Gasteiger partial charge in [0.05, 0.1) is 19.8 Å². The van der Waals surface area contributed by atoms with E-state index in [-0.39, 0.29) is 5.52 Å². The molecule has 0 bridgehead atoms. The fourth-order valence-electron chi connectivity index (χ4n) is 2.13. The van der Waals surface area contributed by atoms with E-state index in [0.29, 0.717) is 17.1 Å². The predicted octanol–water partition coefficient (Wildman–Crippen LogP) is 3.24. The Balaban J connectivity index is 0.000000250. The molecule has 1 unspecified atom stereocenters. The molecule has 0 radical (unpaired) electrons. The number of carbonyl (C=O) groups excluding carboxylic acids is 1. The standard InChI is InChI=1S/C9H11O3P.C5H9.Li/c1-11-6-3-4-7(9(10)13)8(5-6)12-2;1-2-4-5-3-1;/h3-5H,13H2,1-2H3;1H,2-5H2;. The van der Waals surface area contributed by atoms with Gasteiger partial charge in [-0.25, -0.2) is 0 Å². The van der Waals surface area contributed by atoms with Gasteiger partial charge in [-0.1, -0.05) is 9.24 Å². The Morgan fingerprint density at radius 1 is 1.26 bits per heavy atom. The number of rotatable bonds is 3. The fraction of sp³-hybridized carbons (Fsp3) is 0.500. The Morgan fingerprint density at radius 3 is 2.26 bits per heavy atom. The normalized spacial score (nSPS) is 14.6. The third-order valence-corrected chi connectivity index (χ3v) is 3.63. The van der Waals surface area contributed by atoms with Crippen molar-refractivity contribution in [2.24, 2.45) is 0 Å². The zero-order valence-electron chi connectivity index (χ0n) is 11.9. The van der Waals surface area contributed by atoms with Crippen molar-refractivity contribution in [3.8, 4) is 11.5 Å². The zero-order valence-corrected chi connectivity index (χ0v) is 13.1. The first-order valence-corrected chi connectivity index (χ1v) is 7.18. The molecule has 1 fully saturated rings. The summed E-state index contributed by atoms with van der Waals surface area (Å²) < 4.78 is 11.1. The zero-order chi connectivity index (χ0) is 14.3. The second kappa shape index (κ2) is 8.64. The first-order chi connectivity index (χ1) is 9.08. The third-order valence-electron chi connectivity index (χ3n) is 3.32. The van der Waals surface area contributed by atoms with E-state index < -0.39 is 0 Å². The van der Waals surface area contributed by atoms with Crippen molar-refractivity contribution in [3.05, 3.63) is 23.8 Å². The van der Waals surface area contributed by atoms with Crippen LogP contribution in [0.3, 0.4) is 0 Å². The van der Waals surface area contributed by atoms with Gasteiger partial charge < -0.3 is 9.47 Å². The number of methoxy groups -OCH3 is 2. The van der Waals surface area contributed by atoms with E-state index in [1.807, 2.05) is 0 Å². The molecule has 0 amide bonds. The molecule has 1 aromatic carbocycles. The van der Waals surface area contributed by atoms with Crippen molar-refractivity contribution in [2.75, 3.05) is 14.2 Å². The monoisotopic (exact) mass is 274 g/mol. The quantitative estimate of drug-likeness (QED) is 0.627. The van der Waals surface area contributed by atoms with Gasteiger partial charge in [0.15, 0.2) is 5.52 Å². The van der Waals surface area contributed by atoms with Crippen molar-refractivity contribution in [1.82, 2.24) is 0 Å². The van der Waals surface area contributed by atoms with Crippen LogP contribution in [0.25, 0.3) is 0 Å². The van der Waals surface area contributed by atoms with Crippen LogP contribution in [0.15, 0.2) is 18.2 Å². The number of benzene rings is 1. The third kappa shape index (κ3) is 5.57. The average molecular weight is 274 g/mol. The predicted molar refractivity (Wildman–Crippen MR) is 81.6 cm³/mol. The summed E-state index contributed by atoms with van der Waals surface area (Å²) in [6.45, 7) is 0. The molecule has 1 saturated carbocycles. The van der Waals surface area contributed by atoms with Crippen LogP contribution in [0.2, 0.25) is 4.59 Å². The fourth-order valence-corrected chi connectivity index (χ4v) is 2.37. The molecule has 0 spiro atoms. The van der Waals surface area contributed by atoms with Gasteiger partial charge in [0.1, 0.15) is 11.5 Å². The van der Waals surface area contributed by atoms with E-state index in [0.717, 1.165) is 4.59 Å². The van der Waals surface area contributed by atoms with Gasteiger partial charge in [-0.3, -0.25) is 4.79 Å². The van der Waals surface area contributed by atoms with Crippen LogP contribution in [0.1, 0.15) is 36.0 Å². The van der Waals surface area contributed by atoms with Crippen molar-refractivity contribution in [1.29, 1.82) is 0 Å². The summed E-state index contributed by atoms with van der Waals surface area (Å²) in [6.07, 6.45) is 5.95. The topological polar surface area (TPSA) is 35.5 Å². The molecule has 0 aromatic heterocycles. The van der Waals surface area contributed by atoms with Crippen molar-refractivity contribution < 1.29 is 14.3 Å². The van der Waals surface area contributed by atoms with Crippen LogP contribution in [0, 0.1) is 0 Å². The maximum absolute atomic E-state index is 11.1. The van der Waals surface area contributed by atoms with Crippen LogP contribution < -0.4 is 9.47 Å². The Morgan fingerprint density at radius 2 is 1.89 bits per heavy atom. The molecule has 100 valence electrons. The molecular weight excluding hydrogens is 254 g/mol. The molecule has 2 rings (SSSR count). The van der Waals surface area contributed by atoms with Crippen LogP contribution in [0.4, 0.5) is 0 Å². The number of hydrogen-bond acceptors (Lipinski definition) is 3. The van der Waals surface area contributed by atoms with E-state index in [2.05, 4.69) is 27.0 Å². The Bertz CT molecular complexity index is 417. The molecule has 5 heteroatoms. The van der Waals surface area contributed by atoms with Gasteiger partial charge in [-0.15, -0.1) is 0 Å². The Hall–Kier alpha value is -0.483. The Kier molecular flexibility index (Phi) is 7.54. The first kappa shape index (κ1) is 16.6. The van der Waals surface area contributed by atoms with Gasteiger partial charge >= 0.3 is 48.0 Å². The molecule has 1 aromatic rings. The maximum atomic E-state index is 11.1. The molecule has 0 saturated heterocycles. The first-order valence-electron chi connectivity index (χ1n) is 6.60. The number of carbonyl (C=O) groups is 1. The van der Waals surface area contributed by atoms with Crippen molar-refractivity contribution in [3.63, 3.8) is 0 Å². The molecule has 0 aliphatic heterocycles. The molecule has 0 heterocycles. The molecule has 19 heavy (non-hydrogen) atoms. The van der Waals surface area contributed by atoms with E-state index >= 15 is 0 Å². The van der Waals surface area contributed by atoms with Gasteiger partial charge in [0.25, 0.3) is 0 Å². The van der Waals surface area contributed by atoms with E-state index in [1.54, 1.807) is 25.3 Å². The second-order valence-corrected chi connectivity index (χ2v) is 5.34. The second-order valence-electron chi connectivity index (χ2n) is 4.82. The van der Waals surface area contributed by atoms with Crippen molar-refractivity contribution >= 4 is 32.5 Å². The molecule has 1 aliphatic rings. The number of hydrogen-bond donors (Lipinski definition) is 0. The van der Waals surface area contributed by atoms with Gasteiger partial charge in [-0.05, 0) is 12.1 Å². The summed E-state index contributed by atoms with van der Waals surface area (Å²) >= 11 is 2.34. The van der Waals surface area contributed by atoms with Crippen LogP contribution in [0.5, 0.6) is 11.5 Å². The van der Waals surface area contributed by atoms with Crippen LogP contribution in [-0.4, -0.2) is 37.5 Å². The molecule has 1 atom stereocenters. The minimum absolute atomic E-state index is 0.0977. The SMILES string of the molecule is COc1ccc(C(=O)P)c(OC)c1.[Li][CH]1CCCC1. The van der Waals surface area contributed by atoms with Crippen LogP contribution >= 0.6 is 9.24 Å². The van der Waals surface area contributed by atoms with Gasteiger partial charge in [-0.2, -0.15) is 0 Å². The minimum atomic E-state index is -0.0977. The molecule has 3 nitrogen and oxygen atoms in total. The summed E-state index contributed by atoms with van der Waals surface area (Å²) in [7, 11) is 5.19. The summed E-state index contributed by atoms with van der Waals surface area (Å²) in [5, 5.41) is 0. The van der Waals surface area contributed by atoms with Crippen LogP contribution in [-0.2, 0) is 0 Å². The number of ether oxygens (including phenoxy) is 2. The Labute approximate surface area is 126 Å². The van der Waals surface area contributed by atoms with E-state index in [1.165, 1.54) is 32.8 Å². The average Bonchev–Trinajstić information content (AvgIpc) is 2.89. The molecule has 1 aliphatic carbocycles. The summed E-state index contributed by atoms with van der Waals surface area (Å²) in [6, 6.07) is 5.07.